The minimum absolute atomic E-state index is 0.775. The van der Waals surface area contributed by atoms with Gasteiger partial charge in [0.2, 0.25) is 0 Å². The summed E-state index contributed by atoms with van der Waals surface area (Å²) in [5.41, 5.74) is 1.07. The smallest absolute Gasteiger partial charge is 0.173 e. The summed E-state index contributed by atoms with van der Waals surface area (Å²) < 4.78 is 4.26. The van der Waals surface area contributed by atoms with Crippen LogP contribution < -0.4 is 0 Å². The summed E-state index contributed by atoms with van der Waals surface area (Å²) >= 11 is 4.79. The van der Waals surface area contributed by atoms with E-state index in [0.29, 0.717) is 0 Å². The molecule has 0 saturated carbocycles. The summed E-state index contributed by atoms with van der Waals surface area (Å²) in [6.45, 7) is 0. The Labute approximate surface area is 88.9 Å². The average molecular weight is 255 g/mol. The lowest BCUT2D eigenvalue weighted by molar-refractivity contribution is 1.25. The number of benzene rings is 1. The van der Waals surface area contributed by atoms with Gasteiger partial charge in [0.15, 0.2) is 5.82 Å². The molecule has 0 aliphatic rings. The highest BCUT2D eigenvalue weighted by Gasteiger charge is 2.03. The molecule has 13 heavy (non-hydrogen) atoms. The van der Waals surface area contributed by atoms with Crippen LogP contribution in [0.25, 0.3) is 11.4 Å². The molecule has 1 heterocycles. The molecule has 4 heteroatoms. The van der Waals surface area contributed by atoms with Gasteiger partial charge >= 0.3 is 0 Å². The van der Waals surface area contributed by atoms with E-state index in [4.69, 9.17) is 0 Å². The predicted octanol–water partition coefficient (Wildman–Crippen LogP) is 3.10. The molecular weight excluding hydrogens is 248 g/mol. The van der Waals surface area contributed by atoms with E-state index in [-0.39, 0.29) is 0 Å². The molecule has 2 aromatic rings. The third-order valence-electron chi connectivity index (χ3n) is 1.61. The molecule has 0 N–H and O–H groups in total. The van der Waals surface area contributed by atoms with Crippen LogP contribution in [0.1, 0.15) is 5.01 Å². The van der Waals surface area contributed by atoms with Crippen LogP contribution in [0.2, 0.25) is 0 Å². The molecule has 0 saturated heterocycles. The van der Waals surface area contributed by atoms with E-state index in [9.17, 15) is 0 Å². The van der Waals surface area contributed by atoms with Gasteiger partial charge in [-0.15, -0.1) is 0 Å². The second kappa shape index (κ2) is 3.98. The zero-order valence-electron chi connectivity index (χ0n) is 6.77. The van der Waals surface area contributed by atoms with Gasteiger partial charge in [-0.25, -0.2) is 4.98 Å². The van der Waals surface area contributed by atoms with Gasteiger partial charge in [0.25, 0.3) is 0 Å². The molecule has 2 rings (SSSR count). The number of hydrogen-bond acceptors (Lipinski definition) is 3. The monoisotopic (exact) mass is 254 g/mol. The first-order valence-electron chi connectivity index (χ1n) is 3.84. The third kappa shape index (κ3) is 1.95. The van der Waals surface area contributed by atoms with Gasteiger partial charge in [-0.2, -0.15) is 4.37 Å². The molecule has 0 atom stereocenters. The Kier molecular flexibility index (Phi) is 2.71. The molecule has 0 radical (unpaired) electrons. The van der Waals surface area contributed by atoms with Crippen molar-refractivity contribution in [3.8, 4) is 11.4 Å². The molecular formula is C9H7BrN2S. The van der Waals surface area contributed by atoms with Crippen LogP contribution in [0.5, 0.6) is 0 Å². The number of nitrogens with zero attached hydrogens (tertiary/aromatic N) is 2. The van der Waals surface area contributed by atoms with Crippen molar-refractivity contribution < 1.29 is 0 Å². The number of hydrogen-bond donors (Lipinski definition) is 0. The summed E-state index contributed by atoms with van der Waals surface area (Å²) in [6, 6.07) is 10.00. The van der Waals surface area contributed by atoms with Gasteiger partial charge in [-0.1, -0.05) is 46.3 Å². The van der Waals surface area contributed by atoms with E-state index < -0.39 is 0 Å². The van der Waals surface area contributed by atoms with E-state index in [1.54, 1.807) is 0 Å². The highest BCUT2D eigenvalue weighted by molar-refractivity contribution is 9.08. The fourth-order valence-electron chi connectivity index (χ4n) is 1.01. The largest absolute Gasteiger partial charge is 0.219 e. The molecule has 66 valence electrons. The van der Waals surface area contributed by atoms with Crippen LogP contribution in [-0.2, 0) is 5.33 Å². The van der Waals surface area contributed by atoms with Crippen molar-refractivity contribution in [1.29, 1.82) is 0 Å². The van der Waals surface area contributed by atoms with Gasteiger partial charge in [-0.3, -0.25) is 0 Å². The fourth-order valence-corrected chi connectivity index (χ4v) is 1.96. The lowest BCUT2D eigenvalue weighted by Crippen LogP contribution is -1.79. The van der Waals surface area contributed by atoms with Crippen molar-refractivity contribution in [1.82, 2.24) is 9.36 Å². The van der Waals surface area contributed by atoms with Crippen molar-refractivity contribution in [3.63, 3.8) is 0 Å². The average Bonchev–Trinajstić information content (AvgIpc) is 2.67. The topological polar surface area (TPSA) is 25.8 Å². The first-order chi connectivity index (χ1) is 6.40. The second-order valence-corrected chi connectivity index (χ2v) is 3.91. The molecule has 0 spiro atoms. The van der Waals surface area contributed by atoms with Gasteiger partial charge < -0.3 is 0 Å². The zero-order chi connectivity index (χ0) is 9.10. The van der Waals surface area contributed by atoms with Crippen LogP contribution in [0, 0.1) is 0 Å². The highest BCUT2D eigenvalue weighted by Crippen LogP contribution is 2.18. The van der Waals surface area contributed by atoms with Crippen LogP contribution in [0.15, 0.2) is 30.3 Å². The summed E-state index contributed by atoms with van der Waals surface area (Å²) in [5, 5.41) is 1.79. The Balaban J connectivity index is 2.36. The minimum Gasteiger partial charge on any atom is -0.219 e. The number of aromatic nitrogens is 2. The molecule has 1 aromatic carbocycles. The number of rotatable bonds is 2. The van der Waals surface area contributed by atoms with E-state index in [0.717, 1.165) is 21.7 Å². The van der Waals surface area contributed by atoms with Crippen molar-refractivity contribution in [3.05, 3.63) is 35.3 Å². The maximum Gasteiger partial charge on any atom is 0.173 e. The Bertz CT molecular complexity index is 386. The molecule has 0 unspecified atom stereocenters. The molecule has 1 aromatic heterocycles. The van der Waals surface area contributed by atoms with E-state index >= 15 is 0 Å². The Morgan fingerprint density at radius 2 is 2.00 bits per heavy atom. The van der Waals surface area contributed by atoms with E-state index in [2.05, 4.69) is 25.3 Å². The molecule has 0 aliphatic carbocycles. The highest BCUT2D eigenvalue weighted by atomic mass is 79.9. The Morgan fingerprint density at radius 3 is 2.62 bits per heavy atom. The molecule has 2 nitrogen and oxygen atoms in total. The fraction of sp³-hybridized carbons (Fsp3) is 0.111. The van der Waals surface area contributed by atoms with Crippen LogP contribution in [0.3, 0.4) is 0 Å². The Morgan fingerprint density at radius 1 is 1.23 bits per heavy atom. The lowest BCUT2D eigenvalue weighted by Gasteiger charge is -1.91. The molecule has 0 fully saturated rings. The Hall–Kier alpha value is -0.740. The maximum atomic E-state index is 4.36. The minimum atomic E-state index is 0.775. The third-order valence-corrected chi connectivity index (χ3v) is 3.23. The normalized spacial score (nSPS) is 10.2. The first-order valence-corrected chi connectivity index (χ1v) is 5.73. The van der Waals surface area contributed by atoms with Crippen LogP contribution in [-0.4, -0.2) is 9.36 Å². The van der Waals surface area contributed by atoms with E-state index in [1.807, 2.05) is 30.3 Å². The SMILES string of the molecule is BrCc1nc(-c2ccccc2)ns1. The molecule has 0 aliphatic heterocycles. The maximum absolute atomic E-state index is 4.36. The quantitative estimate of drug-likeness (QED) is 0.770. The summed E-state index contributed by atoms with van der Waals surface area (Å²) in [5.74, 6) is 0.819. The summed E-state index contributed by atoms with van der Waals surface area (Å²) in [6.07, 6.45) is 0. The van der Waals surface area contributed by atoms with Crippen molar-refractivity contribution in [2.45, 2.75) is 5.33 Å². The van der Waals surface area contributed by atoms with Crippen molar-refractivity contribution in [2.24, 2.45) is 0 Å². The standard InChI is InChI=1S/C9H7BrN2S/c10-6-8-11-9(12-13-8)7-4-2-1-3-5-7/h1-5H,6H2. The van der Waals surface area contributed by atoms with Crippen LogP contribution in [0.4, 0.5) is 0 Å². The number of alkyl halides is 1. The summed E-state index contributed by atoms with van der Waals surface area (Å²) in [4.78, 5) is 4.36. The van der Waals surface area contributed by atoms with E-state index in [1.165, 1.54) is 11.5 Å². The van der Waals surface area contributed by atoms with Gasteiger partial charge in [-0.05, 0) is 11.5 Å². The number of halogens is 1. The first kappa shape index (κ1) is 8.84. The van der Waals surface area contributed by atoms with Gasteiger partial charge in [0, 0.05) is 5.56 Å². The van der Waals surface area contributed by atoms with Gasteiger partial charge in [0.05, 0.1) is 5.33 Å². The molecule has 0 amide bonds. The second-order valence-electron chi connectivity index (χ2n) is 2.51. The zero-order valence-corrected chi connectivity index (χ0v) is 9.18. The van der Waals surface area contributed by atoms with Gasteiger partial charge in [0.1, 0.15) is 5.01 Å². The van der Waals surface area contributed by atoms with Crippen LogP contribution >= 0.6 is 27.5 Å². The van der Waals surface area contributed by atoms with Crippen molar-refractivity contribution >= 4 is 27.5 Å². The summed E-state index contributed by atoms with van der Waals surface area (Å²) in [7, 11) is 0. The lowest BCUT2D eigenvalue weighted by atomic mass is 10.2. The predicted molar refractivity (Wildman–Crippen MR) is 58.0 cm³/mol. The molecule has 0 bridgehead atoms. The van der Waals surface area contributed by atoms with Crippen molar-refractivity contribution in [2.75, 3.05) is 0 Å².